The minimum atomic E-state index is -4.81. The molecule has 128 valence electrons. The molecule has 1 aromatic rings. The van der Waals surface area contributed by atoms with Crippen LogP contribution in [-0.4, -0.2) is 30.9 Å². The van der Waals surface area contributed by atoms with Crippen LogP contribution in [-0.2, 0) is 11.3 Å². The van der Waals surface area contributed by atoms with Crippen molar-refractivity contribution in [2.75, 3.05) is 6.54 Å². The minimum absolute atomic E-state index is 0.158. The molecule has 0 heterocycles. The normalized spacial score (nSPS) is 12.2. The Balaban J connectivity index is 2.58. The first-order valence-electron chi connectivity index (χ1n) is 6.88. The van der Waals surface area contributed by atoms with E-state index in [-0.39, 0.29) is 18.0 Å². The van der Waals surface area contributed by atoms with Gasteiger partial charge in [-0.2, -0.15) is 0 Å². The van der Waals surface area contributed by atoms with Crippen molar-refractivity contribution >= 4 is 11.9 Å². The predicted octanol–water partition coefficient (Wildman–Crippen LogP) is 1.91. The maximum atomic E-state index is 12.3. The van der Waals surface area contributed by atoms with Crippen LogP contribution >= 0.6 is 0 Å². The molecule has 0 fully saturated rings. The number of ether oxygens (including phenoxy) is 1. The number of amides is 3. The largest absolute Gasteiger partial charge is 0.573 e. The fourth-order valence-electron chi connectivity index (χ4n) is 1.69. The molecule has 0 aliphatic carbocycles. The van der Waals surface area contributed by atoms with Crippen LogP contribution in [0.4, 0.5) is 18.0 Å². The standard InChI is InChI=1S/C14H18F3N3O3/c1-3-18-12(21)9(2)20-13(22)19-8-10-6-4-5-7-11(10)23-14(15,16)17/h4-7,9H,3,8H2,1-2H3,(H,18,21)(H2,19,20,22)/t9-/m1/s1. The van der Waals surface area contributed by atoms with Crippen LogP contribution < -0.4 is 20.7 Å². The second-order valence-corrected chi connectivity index (χ2v) is 4.60. The van der Waals surface area contributed by atoms with Crippen molar-refractivity contribution in [1.29, 1.82) is 0 Å². The SMILES string of the molecule is CCNC(=O)[C@@H](C)NC(=O)NCc1ccccc1OC(F)(F)F. The second kappa shape index (κ2) is 8.25. The number of urea groups is 1. The lowest BCUT2D eigenvalue weighted by Crippen LogP contribution is -2.48. The molecule has 0 spiro atoms. The number of carbonyl (C=O) groups is 2. The average molecular weight is 333 g/mol. The summed E-state index contributed by atoms with van der Waals surface area (Å²) in [6, 6.07) is 4.02. The molecule has 0 saturated heterocycles. The van der Waals surface area contributed by atoms with Crippen LogP contribution in [0.3, 0.4) is 0 Å². The highest BCUT2D eigenvalue weighted by atomic mass is 19.4. The maximum absolute atomic E-state index is 12.3. The third-order valence-electron chi connectivity index (χ3n) is 2.73. The van der Waals surface area contributed by atoms with Crippen molar-refractivity contribution in [2.45, 2.75) is 32.8 Å². The van der Waals surface area contributed by atoms with E-state index in [1.54, 1.807) is 6.92 Å². The van der Waals surface area contributed by atoms with Crippen molar-refractivity contribution in [3.63, 3.8) is 0 Å². The number of hydrogen-bond donors (Lipinski definition) is 3. The molecule has 0 unspecified atom stereocenters. The Morgan fingerprint density at radius 1 is 1.22 bits per heavy atom. The molecule has 1 atom stereocenters. The highest BCUT2D eigenvalue weighted by Crippen LogP contribution is 2.25. The number of likely N-dealkylation sites (N-methyl/N-ethyl adjacent to an activating group) is 1. The van der Waals surface area contributed by atoms with E-state index < -0.39 is 24.2 Å². The molecule has 0 aliphatic heterocycles. The Labute approximate surface area is 131 Å². The van der Waals surface area contributed by atoms with Crippen LogP contribution in [0, 0.1) is 0 Å². The molecule has 0 aromatic heterocycles. The Morgan fingerprint density at radius 3 is 2.48 bits per heavy atom. The van der Waals surface area contributed by atoms with Crippen molar-refractivity contribution in [2.24, 2.45) is 0 Å². The van der Waals surface area contributed by atoms with Crippen LogP contribution in [0.25, 0.3) is 0 Å². The maximum Gasteiger partial charge on any atom is 0.573 e. The molecular weight excluding hydrogens is 315 g/mol. The molecule has 9 heteroatoms. The summed E-state index contributed by atoms with van der Waals surface area (Å²) in [6.45, 7) is 3.47. The van der Waals surface area contributed by atoms with Gasteiger partial charge in [-0.25, -0.2) is 4.79 Å². The third kappa shape index (κ3) is 6.90. The molecule has 1 rings (SSSR count). The quantitative estimate of drug-likeness (QED) is 0.744. The Kier molecular flexibility index (Phi) is 6.67. The first-order valence-corrected chi connectivity index (χ1v) is 6.88. The molecule has 3 N–H and O–H groups in total. The summed E-state index contributed by atoms with van der Waals surface area (Å²) >= 11 is 0. The number of alkyl halides is 3. The van der Waals surface area contributed by atoms with Gasteiger partial charge in [0.25, 0.3) is 0 Å². The van der Waals surface area contributed by atoms with Crippen LogP contribution in [0.15, 0.2) is 24.3 Å². The van der Waals surface area contributed by atoms with E-state index in [0.717, 1.165) is 6.07 Å². The molecule has 0 aliphatic rings. The van der Waals surface area contributed by atoms with Crippen molar-refractivity contribution in [3.8, 4) is 5.75 Å². The van der Waals surface area contributed by atoms with Gasteiger partial charge in [0.15, 0.2) is 0 Å². The van der Waals surface area contributed by atoms with Crippen LogP contribution in [0.1, 0.15) is 19.4 Å². The Hall–Kier alpha value is -2.45. The van der Waals surface area contributed by atoms with Gasteiger partial charge < -0.3 is 20.7 Å². The first kappa shape index (κ1) is 18.6. The van der Waals surface area contributed by atoms with E-state index in [1.807, 2.05) is 0 Å². The molecule has 1 aromatic carbocycles. The van der Waals surface area contributed by atoms with Gasteiger partial charge in [-0.3, -0.25) is 4.79 Å². The molecule has 3 amide bonds. The summed E-state index contributed by atoms with van der Waals surface area (Å²) in [7, 11) is 0. The highest BCUT2D eigenvalue weighted by Gasteiger charge is 2.32. The lowest BCUT2D eigenvalue weighted by atomic mass is 10.2. The second-order valence-electron chi connectivity index (χ2n) is 4.60. The van der Waals surface area contributed by atoms with Gasteiger partial charge in [0.1, 0.15) is 11.8 Å². The van der Waals surface area contributed by atoms with Gasteiger partial charge >= 0.3 is 12.4 Å². The first-order chi connectivity index (χ1) is 10.7. The Bertz CT molecular complexity index is 550. The fraction of sp³-hybridized carbons (Fsp3) is 0.429. The zero-order chi connectivity index (χ0) is 17.5. The summed E-state index contributed by atoms with van der Waals surface area (Å²) in [4.78, 5) is 23.1. The molecule has 6 nitrogen and oxygen atoms in total. The average Bonchev–Trinajstić information content (AvgIpc) is 2.45. The number of rotatable bonds is 6. The topological polar surface area (TPSA) is 79.5 Å². The minimum Gasteiger partial charge on any atom is -0.405 e. The number of nitrogens with one attached hydrogen (secondary N) is 3. The summed E-state index contributed by atoms with van der Waals surface area (Å²) in [5.74, 6) is -0.750. The number of halogens is 3. The summed E-state index contributed by atoms with van der Waals surface area (Å²) in [5, 5.41) is 7.29. The summed E-state index contributed by atoms with van der Waals surface area (Å²) < 4.78 is 40.7. The molecular formula is C14H18F3N3O3. The van der Waals surface area contributed by atoms with Crippen LogP contribution in [0.2, 0.25) is 0 Å². The van der Waals surface area contributed by atoms with E-state index in [0.29, 0.717) is 6.54 Å². The number of benzene rings is 1. The van der Waals surface area contributed by atoms with E-state index in [1.165, 1.54) is 25.1 Å². The number of carbonyl (C=O) groups excluding carboxylic acids is 2. The van der Waals surface area contributed by atoms with Gasteiger partial charge in [0, 0.05) is 18.7 Å². The molecule has 0 saturated carbocycles. The zero-order valence-electron chi connectivity index (χ0n) is 12.7. The van der Waals surface area contributed by atoms with E-state index in [4.69, 9.17) is 0 Å². The van der Waals surface area contributed by atoms with E-state index in [9.17, 15) is 22.8 Å². The van der Waals surface area contributed by atoms with Crippen molar-refractivity contribution < 1.29 is 27.5 Å². The fourth-order valence-corrected chi connectivity index (χ4v) is 1.69. The van der Waals surface area contributed by atoms with Gasteiger partial charge in [-0.1, -0.05) is 18.2 Å². The van der Waals surface area contributed by atoms with Gasteiger partial charge in [-0.15, -0.1) is 13.2 Å². The molecule has 23 heavy (non-hydrogen) atoms. The zero-order valence-corrected chi connectivity index (χ0v) is 12.7. The predicted molar refractivity (Wildman–Crippen MR) is 76.6 cm³/mol. The molecule has 0 bridgehead atoms. The number of para-hydroxylation sites is 1. The van der Waals surface area contributed by atoms with Gasteiger partial charge in [-0.05, 0) is 19.9 Å². The summed E-state index contributed by atoms with van der Waals surface area (Å²) in [5.41, 5.74) is 0.158. The summed E-state index contributed by atoms with van der Waals surface area (Å²) in [6.07, 6.45) is -4.81. The third-order valence-corrected chi connectivity index (χ3v) is 2.73. The van der Waals surface area contributed by atoms with Gasteiger partial charge in [0.2, 0.25) is 5.91 Å². The Morgan fingerprint density at radius 2 is 1.87 bits per heavy atom. The lowest BCUT2D eigenvalue weighted by Gasteiger charge is -2.16. The smallest absolute Gasteiger partial charge is 0.405 e. The molecule has 0 radical (unpaired) electrons. The van der Waals surface area contributed by atoms with E-state index in [2.05, 4.69) is 20.7 Å². The van der Waals surface area contributed by atoms with Gasteiger partial charge in [0.05, 0.1) is 0 Å². The lowest BCUT2D eigenvalue weighted by molar-refractivity contribution is -0.274. The van der Waals surface area contributed by atoms with Crippen molar-refractivity contribution in [3.05, 3.63) is 29.8 Å². The monoisotopic (exact) mass is 333 g/mol. The highest BCUT2D eigenvalue weighted by molar-refractivity contribution is 5.86. The van der Waals surface area contributed by atoms with Crippen molar-refractivity contribution in [1.82, 2.24) is 16.0 Å². The van der Waals surface area contributed by atoms with Crippen LogP contribution in [0.5, 0.6) is 5.75 Å². The van der Waals surface area contributed by atoms with E-state index >= 15 is 0 Å². The number of hydrogen-bond acceptors (Lipinski definition) is 3.